The van der Waals surface area contributed by atoms with Crippen molar-refractivity contribution in [2.45, 2.75) is 58.2 Å². The summed E-state index contributed by atoms with van der Waals surface area (Å²) in [5.41, 5.74) is 17.6. The number of hydrogen-bond acceptors (Lipinski definition) is 4. The zero-order chi connectivity index (χ0) is 45.1. The molecule has 2 heterocycles. The van der Waals surface area contributed by atoms with Gasteiger partial charge in [-0.15, -0.1) is 0 Å². The predicted molar refractivity (Wildman–Crippen MR) is 279 cm³/mol. The van der Waals surface area contributed by atoms with E-state index in [-0.39, 0.29) is 10.8 Å². The van der Waals surface area contributed by atoms with Crippen LogP contribution in [-0.4, -0.2) is 8.07 Å². The number of benzene rings is 8. The molecule has 0 fully saturated rings. The van der Waals surface area contributed by atoms with Gasteiger partial charge in [-0.25, -0.2) is 0 Å². The normalized spacial score (nSPS) is 14.2. The predicted octanol–water partition coefficient (Wildman–Crippen LogP) is 16.9. The highest BCUT2D eigenvalue weighted by Crippen LogP contribution is 2.62. The number of nitrogens with zero attached hydrogens (tertiary/aromatic N) is 2. The lowest BCUT2D eigenvalue weighted by molar-refractivity contribution is 0.592. The number of fused-ring (bicyclic) bond motifs is 10. The Morgan fingerprint density at radius 1 is 0.394 bits per heavy atom. The molecule has 0 spiro atoms. The van der Waals surface area contributed by atoms with E-state index in [1.54, 1.807) is 0 Å². The molecule has 2 aliphatic rings. The second-order valence-corrected chi connectivity index (χ2v) is 25.3. The van der Waals surface area contributed by atoms with Crippen molar-refractivity contribution in [3.63, 3.8) is 0 Å². The fourth-order valence-corrected chi connectivity index (χ4v) is 12.2. The van der Waals surface area contributed by atoms with Crippen LogP contribution in [0.2, 0.25) is 19.6 Å². The summed E-state index contributed by atoms with van der Waals surface area (Å²) < 4.78 is 13.5. The first-order valence-electron chi connectivity index (χ1n) is 23.2. The van der Waals surface area contributed by atoms with Gasteiger partial charge in [0.2, 0.25) is 0 Å². The third kappa shape index (κ3) is 6.10. The van der Waals surface area contributed by atoms with Crippen LogP contribution in [0.15, 0.2) is 197 Å². The SMILES string of the molecule is CC1(C)c2cc(N(c3ccccc3)c3ccc([Si](C)(C)C)cc3)ccc2-c2oc3c(c21)C(C)(C)c1cc(N(c2ccc4oc5ccccc5c4c2)c2ccccc2-c2ccccc2)ccc1-3. The van der Waals surface area contributed by atoms with Crippen LogP contribution in [0.3, 0.4) is 0 Å². The summed E-state index contributed by atoms with van der Waals surface area (Å²) in [5, 5.41) is 3.66. The molecule has 0 aliphatic heterocycles. The summed E-state index contributed by atoms with van der Waals surface area (Å²) in [6.45, 7) is 16.8. The van der Waals surface area contributed by atoms with Gasteiger partial charge < -0.3 is 18.6 Å². The third-order valence-electron chi connectivity index (χ3n) is 14.4. The Hall–Kier alpha value is -7.34. The van der Waals surface area contributed by atoms with Gasteiger partial charge >= 0.3 is 0 Å². The van der Waals surface area contributed by atoms with Crippen LogP contribution < -0.4 is 15.0 Å². The van der Waals surface area contributed by atoms with Crippen LogP contribution in [0, 0.1) is 0 Å². The summed E-state index contributed by atoms with van der Waals surface area (Å²) in [5.74, 6) is 1.99. The second-order valence-electron chi connectivity index (χ2n) is 20.2. The van der Waals surface area contributed by atoms with Crippen molar-refractivity contribution in [3.05, 3.63) is 210 Å². The van der Waals surface area contributed by atoms with Crippen molar-refractivity contribution in [2.24, 2.45) is 0 Å². The minimum absolute atomic E-state index is 0.312. The van der Waals surface area contributed by atoms with Gasteiger partial charge in [-0.3, -0.25) is 0 Å². The smallest absolute Gasteiger partial charge is 0.139 e. The average Bonchev–Trinajstić information content (AvgIpc) is 4.03. The van der Waals surface area contributed by atoms with Gasteiger partial charge in [0.1, 0.15) is 22.7 Å². The number of furan rings is 2. The summed E-state index contributed by atoms with van der Waals surface area (Å²) in [6.07, 6.45) is 0. The molecule has 0 saturated heterocycles. The first kappa shape index (κ1) is 40.2. The fourth-order valence-electron chi connectivity index (χ4n) is 11.0. The molecule has 10 aromatic rings. The van der Waals surface area contributed by atoms with Crippen LogP contribution in [0.25, 0.3) is 55.7 Å². The van der Waals surface area contributed by atoms with Crippen LogP contribution in [0.4, 0.5) is 34.1 Å². The number of anilines is 6. The molecule has 0 radical (unpaired) electrons. The van der Waals surface area contributed by atoms with E-state index in [2.05, 4.69) is 233 Å². The van der Waals surface area contributed by atoms with E-state index in [0.29, 0.717) is 0 Å². The molecule has 66 heavy (non-hydrogen) atoms. The number of rotatable bonds is 8. The zero-order valence-electron chi connectivity index (χ0n) is 38.6. The molecule has 0 saturated carbocycles. The molecule has 322 valence electrons. The quantitative estimate of drug-likeness (QED) is 0.142. The largest absolute Gasteiger partial charge is 0.456 e. The molecular weight excluding hydrogens is 821 g/mol. The highest BCUT2D eigenvalue weighted by atomic mass is 28.3. The van der Waals surface area contributed by atoms with Gasteiger partial charge in [0.25, 0.3) is 0 Å². The van der Waals surface area contributed by atoms with Crippen LogP contribution >= 0.6 is 0 Å². The van der Waals surface area contributed by atoms with Gasteiger partial charge in [0, 0.05) is 77.9 Å². The third-order valence-corrected chi connectivity index (χ3v) is 16.4. The van der Waals surface area contributed by atoms with Crippen LogP contribution in [0.5, 0.6) is 0 Å². The molecule has 0 N–H and O–H groups in total. The summed E-state index contributed by atoms with van der Waals surface area (Å²) in [6, 6.07) is 68.3. The van der Waals surface area contributed by atoms with E-state index in [9.17, 15) is 0 Å². The van der Waals surface area contributed by atoms with E-state index >= 15 is 0 Å². The van der Waals surface area contributed by atoms with Gasteiger partial charge in [0.05, 0.1) is 13.8 Å². The Morgan fingerprint density at radius 3 is 1.55 bits per heavy atom. The van der Waals surface area contributed by atoms with Crippen molar-refractivity contribution in [2.75, 3.05) is 9.80 Å². The maximum Gasteiger partial charge on any atom is 0.139 e. The van der Waals surface area contributed by atoms with Crippen molar-refractivity contribution >= 4 is 69.3 Å². The lowest BCUT2D eigenvalue weighted by Crippen LogP contribution is -2.37. The molecule has 5 heteroatoms. The van der Waals surface area contributed by atoms with Crippen molar-refractivity contribution in [3.8, 4) is 33.8 Å². The average molecular weight is 873 g/mol. The summed E-state index contributed by atoms with van der Waals surface area (Å²) in [7, 11) is -1.46. The molecule has 8 aromatic carbocycles. The van der Waals surface area contributed by atoms with E-state index in [4.69, 9.17) is 8.83 Å². The summed E-state index contributed by atoms with van der Waals surface area (Å²) >= 11 is 0. The Bertz CT molecular complexity index is 3520. The Kier molecular flexibility index (Phi) is 8.88. The highest BCUT2D eigenvalue weighted by Gasteiger charge is 2.50. The lowest BCUT2D eigenvalue weighted by atomic mass is 9.74. The minimum atomic E-state index is -1.46. The maximum atomic E-state index is 7.20. The first-order valence-corrected chi connectivity index (χ1v) is 26.7. The topological polar surface area (TPSA) is 32.8 Å². The fraction of sp³-hybridized carbons (Fsp3) is 0.148. The molecule has 12 rings (SSSR count). The van der Waals surface area contributed by atoms with E-state index < -0.39 is 8.07 Å². The van der Waals surface area contributed by atoms with Gasteiger partial charge in [0.15, 0.2) is 0 Å². The highest BCUT2D eigenvalue weighted by molar-refractivity contribution is 6.88. The van der Waals surface area contributed by atoms with E-state index in [0.717, 1.165) is 78.7 Å². The van der Waals surface area contributed by atoms with Crippen molar-refractivity contribution in [1.29, 1.82) is 0 Å². The number of hydrogen-bond donors (Lipinski definition) is 0. The summed E-state index contributed by atoms with van der Waals surface area (Å²) in [4.78, 5) is 4.81. The maximum absolute atomic E-state index is 7.20. The number of para-hydroxylation sites is 3. The minimum Gasteiger partial charge on any atom is -0.456 e. The van der Waals surface area contributed by atoms with E-state index in [1.807, 2.05) is 12.1 Å². The van der Waals surface area contributed by atoms with Crippen molar-refractivity contribution < 1.29 is 8.83 Å². The molecular formula is C61H52N2O2Si. The van der Waals surface area contributed by atoms with Gasteiger partial charge in [-0.05, 0) is 108 Å². The molecule has 0 amide bonds. The Balaban J connectivity index is 0.973. The van der Waals surface area contributed by atoms with E-state index in [1.165, 1.54) is 38.6 Å². The first-order chi connectivity index (χ1) is 31.9. The molecule has 0 unspecified atom stereocenters. The monoisotopic (exact) mass is 872 g/mol. The molecule has 2 aliphatic carbocycles. The van der Waals surface area contributed by atoms with Gasteiger partial charge in [-0.2, -0.15) is 0 Å². The molecule has 2 aromatic heterocycles. The Labute approximate surface area is 388 Å². The lowest BCUT2D eigenvalue weighted by Gasteiger charge is -2.31. The van der Waals surface area contributed by atoms with Gasteiger partial charge in [-0.1, -0.05) is 150 Å². The molecule has 0 atom stereocenters. The second kappa shape index (κ2) is 14.6. The van der Waals surface area contributed by atoms with Crippen LogP contribution in [-0.2, 0) is 10.8 Å². The Morgan fingerprint density at radius 2 is 0.894 bits per heavy atom. The van der Waals surface area contributed by atoms with Crippen LogP contribution in [0.1, 0.15) is 49.9 Å². The zero-order valence-corrected chi connectivity index (χ0v) is 39.6. The standard InChI is InChI=1S/C61H52N2O2Si/c1-60(2)51-37-43(62(40-20-12-9-13-21-40)41-26-31-45(32-27-41)66(5,6)7)28-33-48(51)58-56(60)57-59(65-58)49-34-29-44(38-52(49)61(57,3)4)63(53-24-16-14-22-46(53)39-18-10-8-11-19-39)42-30-35-55-50(36-42)47-23-15-17-25-54(47)64-55/h8-38H,1-7H3. The molecule has 4 nitrogen and oxygen atoms in total. The van der Waals surface area contributed by atoms with Crippen molar-refractivity contribution in [1.82, 2.24) is 0 Å². The molecule has 0 bridgehead atoms.